The van der Waals surface area contributed by atoms with E-state index in [0.29, 0.717) is 0 Å². The van der Waals surface area contributed by atoms with E-state index in [1.165, 1.54) is 5.56 Å². The molecule has 1 atom stereocenters. The number of nitrogens with one attached hydrogen (secondary N) is 1. The quantitative estimate of drug-likeness (QED) is 0.874. The Hall–Kier alpha value is -1.29. The molecule has 84 valence electrons. The monoisotopic (exact) mass is 280 g/mol. The third kappa shape index (κ3) is 2.64. The number of aromatic nitrogens is 2. The minimum Gasteiger partial charge on any atom is -0.497 e. The molecule has 0 saturated carbocycles. The maximum Gasteiger partial charge on any atom is 0.118 e. The zero-order chi connectivity index (χ0) is 11.4. The second kappa shape index (κ2) is 5.16. The van der Waals surface area contributed by atoms with Crippen LogP contribution in [0.3, 0.4) is 0 Å². The second-order valence-electron chi connectivity index (χ2n) is 3.48. The molecular formula is C12H13BrN2O. The smallest absolute Gasteiger partial charge is 0.118 e. The number of H-pyrrole nitrogens is 1. The Balaban J connectivity index is 2.05. The number of halogens is 1. The average molecular weight is 281 g/mol. The molecule has 1 unspecified atom stereocenters. The zero-order valence-electron chi connectivity index (χ0n) is 8.98. The van der Waals surface area contributed by atoms with Gasteiger partial charge in [0.05, 0.1) is 7.11 Å². The summed E-state index contributed by atoms with van der Waals surface area (Å²) in [5.74, 6) is 1.86. The lowest BCUT2D eigenvalue weighted by molar-refractivity contribution is 0.414. The summed E-state index contributed by atoms with van der Waals surface area (Å²) in [4.78, 5) is 7.57. The molecule has 1 heterocycles. The van der Waals surface area contributed by atoms with Crippen LogP contribution in [0.15, 0.2) is 36.7 Å². The predicted octanol–water partition coefficient (Wildman–Crippen LogP) is 3.10. The van der Waals surface area contributed by atoms with Crippen molar-refractivity contribution in [3.8, 4) is 5.75 Å². The van der Waals surface area contributed by atoms with Gasteiger partial charge in [-0.1, -0.05) is 28.1 Å². The van der Waals surface area contributed by atoms with Gasteiger partial charge in [0, 0.05) is 23.6 Å². The van der Waals surface area contributed by atoms with Crippen LogP contribution >= 0.6 is 15.9 Å². The molecule has 0 aliphatic rings. The number of imidazole rings is 1. The average Bonchev–Trinajstić information content (AvgIpc) is 2.82. The third-order valence-electron chi connectivity index (χ3n) is 2.40. The van der Waals surface area contributed by atoms with Crippen molar-refractivity contribution in [2.24, 2.45) is 0 Å². The van der Waals surface area contributed by atoms with E-state index in [-0.39, 0.29) is 4.83 Å². The fraction of sp³-hybridized carbons (Fsp3) is 0.250. The molecule has 1 aromatic heterocycles. The molecule has 0 amide bonds. The molecule has 0 radical (unpaired) electrons. The molecule has 0 spiro atoms. The largest absolute Gasteiger partial charge is 0.497 e. The van der Waals surface area contributed by atoms with Gasteiger partial charge >= 0.3 is 0 Å². The molecule has 2 rings (SSSR count). The number of rotatable bonds is 4. The molecular weight excluding hydrogens is 268 g/mol. The minimum absolute atomic E-state index is 0.268. The summed E-state index contributed by atoms with van der Waals surface area (Å²) in [5.41, 5.74) is 1.22. The standard InChI is InChI=1S/C12H13BrN2O/c1-16-10-4-2-9(3-5-10)11(13)8-12-14-6-7-15-12/h2-7,11H,8H2,1H3,(H,14,15). The molecule has 16 heavy (non-hydrogen) atoms. The Morgan fingerprint density at radius 3 is 2.69 bits per heavy atom. The Labute approximate surface area is 103 Å². The van der Waals surface area contributed by atoms with Crippen LogP contribution in [0.1, 0.15) is 16.2 Å². The normalized spacial score (nSPS) is 12.4. The van der Waals surface area contributed by atoms with E-state index in [1.807, 2.05) is 18.3 Å². The lowest BCUT2D eigenvalue weighted by Crippen LogP contribution is -1.97. The second-order valence-corrected chi connectivity index (χ2v) is 4.59. The maximum atomic E-state index is 5.12. The summed E-state index contributed by atoms with van der Waals surface area (Å²) >= 11 is 3.65. The number of benzene rings is 1. The number of aromatic amines is 1. The van der Waals surface area contributed by atoms with Crippen molar-refractivity contribution in [3.05, 3.63) is 48.0 Å². The van der Waals surface area contributed by atoms with Crippen LogP contribution < -0.4 is 4.74 Å². The fourth-order valence-electron chi connectivity index (χ4n) is 1.51. The van der Waals surface area contributed by atoms with E-state index in [1.54, 1.807) is 13.3 Å². The maximum absolute atomic E-state index is 5.12. The van der Waals surface area contributed by atoms with Gasteiger partial charge in [-0.25, -0.2) is 4.98 Å². The molecule has 0 aliphatic carbocycles. The molecule has 0 fully saturated rings. The summed E-state index contributed by atoms with van der Waals surface area (Å²) in [5, 5.41) is 0. The molecule has 0 saturated heterocycles. The molecule has 3 nitrogen and oxygen atoms in total. The number of hydrogen-bond donors (Lipinski definition) is 1. The van der Waals surface area contributed by atoms with Crippen molar-refractivity contribution in [3.63, 3.8) is 0 Å². The van der Waals surface area contributed by atoms with E-state index < -0.39 is 0 Å². The summed E-state index contributed by atoms with van der Waals surface area (Å²) in [6, 6.07) is 8.04. The van der Waals surface area contributed by atoms with Gasteiger partial charge in [0.15, 0.2) is 0 Å². The highest BCUT2D eigenvalue weighted by atomic mass is 79.9. The van der Waals surface area contributed by atoms with Crippen molar-refractivity contribution in [1.82, 2.24) is 9.97 Å². The van der Waals surface area contributed by atoms with Crippen LogP contribution in [-0.4, -0.2) is 17.1 Å². The number of nitrogens with zero attached hydrogens (tertiary/aromatic N) is 1. The summed E-state index contributed by atoms with van der Waals surface area (Å²) < 4.78 is 5.12. The topological polar surface area (TPSA) is 37.9 Å². The van der Waals surface area contributed by atoms with Crippen molar-refractivity contribution in [2.75, 3.05) is 7.11 Å². The van der Waals surface area contributed by atoms with Gasteiger partial charge in [-0.3, -0.25) is 0 Å². The number of hydrogen-bond acceptors (Lipinski definition) is 2. The van der Waals surface area contributed by atoms with Crippen LogP contribution in [0.4, 0.5) is 0 Å². The molecule has 0 aliphatic heterocycles. The SMILES string of the molecule is COc1ccc(C(Br)Cc2ncc[nH]2)cc1. The summed E-state index contributed by atoms with van der Waals surface area (Å²) in [7, 11) is 1.67. The van der Waals surface area contributed by atoms with E-state index in [2.05, 4.69) is 38.0 Å². The lowest BCUT2D eigenvalue weighted by Gasteiger charge is -2.09. The number of ether oxygens (including phenoxy) is 1. The summed E-state index contributed by atoms with van der Waals surface area (Å²) in [6.07, 6.45) is 4.45. The van der Waals surface area contributed by atoms with Crippen LogP contribution in [-0.2, 0) is 6.42 Å². The van der Waals surface area contributed by atoms with Gasteiger partial charge in [-0.05, 0) is 17.7 Å². The molecule has 1 aromatic carbocycles. The van der Waals surface area contributed by atoms with E-state index in [9.17, 15) is 0 Å². The first-order valence-electron chi connectivity index (χ1n) is 5.06. The lowest BCUT2D eigenvalue weighted by atomic mass is 10.1. The first kappa shape index (κ1) is 11.2. The van der Waals surface area contributed by atoms with Crippen LogP contribution in [0.5, 0.6) is 5.75 Å². The van der Waals surface area contributed by atoms with Gasteiger partial charge in [-0.15, -0.1) is 0 Å². The van der Waals surface area contributed by atoms with Crippen molar-refractivity contribution >= 4 is 15.9 Å². The van der Waals surface area contributed by atoms with Crippen LogP contribution in [0.2, 0.25) is 0 Å². The van der Waals surface area contributed by atoms with Crippen LogP contribution in [0, 0.1) is 0 Å². The molecule has 2 aromatic rings. The third-order valence-corrected chi connectivity index (χ3v) is 3.26. The molecule has 1 N–H and O–H groups in total. The zero-order valence-corrected chi connectivity index (χ0v) is 10.6. The fourth-order valence-corrected chi connectivity index (χ4v) is 2.12. The first-order valence-corrected chi connectivity index (χ1v) is 5.97. The van der Waals surface area contributed by atoms with Crippen molar-refractivity contribution < 1.29 is 4.74 Å². The van der Waals surface area contributed by atoms with Crippen molar-refractivity contribution in [1.29, 1.82) is 0 Å². The highest BCUT2D eigenvalue weighted by molar-refractivity contribution is 9.09. The number of methoxy groups -OCH3 is 1. The Morgan fingerprint density at radius 1 is 1.38 bits per heavy atom. The Bertz CT molecular complexity index is 425. The van der Waals surface area contributed by atoms with Gasteiger partial charge in [0.1, 0.15) is 11.6 Å². The Kier molecular flexibility index (Phi) is 3.62. The predicted molar refractivity (Wildman–Crippen MR) is 67.0 cm³/mol. The van der Waals surface area contributed by atoms with Crippen molar-refractivity contribution in [2.45, 2.75) is 11.2 Å². The first-order chi connectivity index (χ1) is 7.79. The number of alkyl halides is 1. The highest BCUT2D eigenvalue weighted by Gasteiger charge is 2.09. The molecule has 4 heteroatoms. The van der Waals surface area contributed by atoms with E-state index in [0.717, 1.165) is 18.0 Å². The van der Waals surface area contributed by atoms with Gasteiger partial charge < -0.3 is 9.72 Å². The minimum atomic E-state index is 0.268. The van der Waals surface area contributed by atoms with Crippen LogP contribution in [0.25, 0.3) is 0 Å². The van der Waals surface area contributed by atoms with Gasteiger partial charge in [-0.2, -0.15) is 0 Å². The van der Waals surface area contributed by atoms with Gasteiger partial charge in [0.2, 0.25) is 0 Å². The highest BCUT2D eigenvalue weighted by Crippen LogP contribution is 2.27. The molecule has 0 bridgehead atoms. The van der Waals surface area contributed by atoms with E-state index in [4.69, 9.17) is 4.74 Å². The Morgan fingerprint density at radius 2 is 2.12 bits per heavy atom. The summed E-state index contributed by atoms with van der Waals surface area (Å²) in [6.45, 7) is 0. The van der Waals surface area contributed by atoms with Gasteiger partial charge in [0.25, 0.3) is 0 Å². The van der Waals surface area contributed by atoms with E-state index >= 15 is 0 Å².